The predicted molar refractivity (Wildman–Crippen MR) is 148 cm³/mol. The number of rotatable bonds is 15. The number of methoxy groups -OCH3 is 1. The van der Waals surface area contributed by atoms with Gasteiger partial charge in [0.15, 0.2) is 5.52 Å². The summed E-state index contributed by atoms with van der Waals surface area (Å²) in [5.74, 6) is -0.754. The Morgan fingerprint density at radius 1 is 1.05 bits per heavy atom. The van der Waals surface area contributed by atoms with E-state index < -0.39 is 27.5 Å². The average Bonchev–Trinajstić information content (AvgIpc) is 3.23. The number of nitrogens with one attached hydrogen (secondary N) is 1. The molecular formula is C26H35N5O9S. The molecule has 0 aliphatic rings. The summed E-state index contributed by atoms with van der Waals surface area (Å²) in [6, 6.07) is 4.17. The minimum atomic E-state index is -4.20. The number of carbonyl (C=O) groups excluding carboxylic acids is 2. The Bertz CT molecular complexity index is 1530. The van der Waals surface area contributed by atoms with Crippen LogP contribution < -0.4 is 10.3 Å². The lowest BCUT2D eigenvalue weighted by Gasteiger charge is -2.22. The SMILES string of the molecule is CCCc1nn(C)c2c(=O)[nH]c(-c3cc(S(=O)(=O)N(CCOC(C)=O)CCOC(C)=O)ccc3OCCOC)nc12. The highest BCUT2D eigenvalue weighted by molar-refractivity contribution is 7.89. The first kappa shape index (κ1) is 31.7. The quantitative estimate of drug-likeness (QED) is 0.199. The molecule has 0 fully saturated rings. The minimum Gasteiger partial charge on any atom is -0.490 e. The number of benzene rings is 1. The number of H-pyrrole nitrogens is 1. The van der Waals surface area contributed by atoms with Crippen LogP contribution in [0.1, 0.15) is 32.9 Å². The van der Waals surface area contributed by atoms with Gasteiger partial charge >= 0.3 is 11.9 Å². The first-order valence-electron chi connectivity index (χ1n) is 13.0. The molecule has 0 saturated heterocycles. The van der Waals surface area contributed by atoms with Crippen LogP contribution >= 0.6 is 0 Å². The van der Waals surface area contributed by atoms with Crippen molar-refractivity contribution in [3.05, 3.63) is 34.2 Å². The highest BCUT2D eigenvalue weighted by Gasteiger charge is 2.27. The number of hydrogen-bond donors (Lipinski definition) is 1. The number of ether oxygens (including phenoxy) is 4. The molecule has 2 aromatic heterocycles. The molecule has 0 aliphatic heterocycles. The second kappa shape index (κ2) is 14.2. The molecule has 0 amide bonds. The zero-order chi connectivity index (χ0) is 30.2. The summed E-state index contributed by atoms with van der Waals surface area (Å²) in [5.41, 5.74) is 1.14. The van der Waals surface area contributed by atoms with Crippen molar-refractivity contribution < 1.29 is 37.0 Å². The van der Waals surface area contributed by atoms with Crippen molar-refractivity contribution in [2.75, 3.05) is 46.6 Å². The van der Waals surface area contributed by atoms with E-state index in [0.29, 0.717) is 23.1 Å². The molecule has 0 spiro atoms. The van der Waals surface area contributed by atoms with Gasteiger partial charge in [-0.1, -0.05) is 13.3 Å². The lowest BCUT2D eigenvalue weighted by atomic mass is 10.1. The van der Waals surface area contributed by atoms with E-state index in [0.717, 1.165) is 10.7 Å². The molecule has 2 heterocycles. The summed E-state index contributed by atoms with van der Waals surface area (Å²) in [7, 11) is -1.02. The van der Waals surface area contributed by atoms with Crippen LogP contribution in [0.4, 0.5) is 0 Å². The van der Waals surface area contributed by atoms with E-state index in [1.165, 1.54) is 43.8 Å². The van der Waals surface area contributed by atoms with Gasteiger partial charge in [0.2, 0.25) is 10.0 Å². The molecule has 15 heteroatoms. The molecule has 0 radical (unpaired) electrons. The maximum absolute atomic E-state index is 13.7. The van der Waals surface area contributed by atoms with Gasteiger partial charge in [-0.15, -0.1) is 0 Å². The zero-order valence-electron chi connectivity index (χ0n) is 23.8. The van der Waals surface area contributed by atoms with E-state index >= 15 is 0 Å². The predicted octanol–water partition coefficient (Wildman–Crippen LogP) is 1.42. The Labute approximate surface area is 237 Å². The largest absolute Gasteiger partial charge is 0.490 e. The second-order valence-corrected chi connectivity index (χ2v) is 11.0. The van der Waals surface area contributed by atoms with E-state index in [4.69, 9.17) is 18.9 Å². The van der Waals surface area contributed by atoms with E-state index in [1.54, 1.807) is 7.05 Å². The Balaban J connectivity index is 2.12. The van der Waals surface area contributed by atoms with Crippen LogP contribution in [0, 0.1) is 0 Å². The third-order valence-electron chi connectivity index (χ3n) is 5.93. The summed E-state index contributed by atoms with van der Waals surface area (Å²) in [6.07, 6.45) is 1.38. The van der Waals surface area contributed by atoms with Crippen molar-refractivity contribution in [2.45, 2.75) is 38.5 Å². The molecule has 0 unspecified atom stereocenters. The van der Waals surface area contributed by atoms with Gasteiger partial charge in [0.05, 0.1) is 22.8 Å². The highest BCUT2D eigenvalue weighted by Crippen LogP contribution is 2.32. The summed E-state index contributed by atoms with van der Waals surface area (Å²) in [4.78, 5) is 42.9. The van der Waals surface area contributed by atoms with Gasteiger partial charge in [0, 0.05) is 41.1 Å². The molecule has 0 atom stereocenters. The van der Waals surface area contributed by atoms with Crippen molar-refractivity contribution in [1.82, 2.24) is 24.1 Å². The van der Waals surface area contributed by atoms with Gasteiger partial charge < -0.3 is 23.9 Å². The molecule has 3 rings (SSSR count). The van der Waals surface area contributed by atoms with Crippen molar-refractivity contribution >= 4 is 33.0 Å². The molecule has 1 aromatic carbocycles. The summed E-state index contributed by atoms with van der Waals surface area (Å²) < 4.78 is 50.8. The van der Waals surface area contributed by atoms with Gasteiger partial charge in [0.1, 0.15) is 36.9 Å². The maximum atomic E-state index is 13.7. The van der Waals surface area contributed by atoms with Crippen LogP contribution in [0.25, 0.3) is 22.4 Å². The van der Waals surface area contributed by atoms with Crippen LogP contribution in [0.2, 0.25) is 0 Å². The fourth-order valence-corrected chi connectivity index (χ4v) is 5.51. The van der Waals surface area contributed by atoms with Crippen LogP contribution in [-0.2, 0) is 47.3 Å². The molecule has 224 valence electrons. The smallest absolute Gasteiger partial charge is 0.302 e. The number of aryl methyl sites for hydroxylation is 2. The van der Waals surface area contributed by atoms with Crippen LogP contribution in [0.5, 0.6) is 5.75 Å². The Morgan fingerprint density at radius 2 is 1.71 bits per heavy atom. The van der Waals surface area contributed by atoms with Crippen LogP contribution in [0.15, 0.2) is 27.9 Å². The fourth-order valence-electron chi connectivity index (χ4n) is 4.08. The van der Waals surface area contributed by atoms with Crippen molar-refractivity contribution in [3.8, 4) is 17.1 Å². The molecule has 1 N–H and O–H groups in total. The van der Waals surface area contributed by atoms with Gasteiger partial charge in [-0.2, -0.15) is 9.40 Å². The number of aromatic amines is 1. The lowest BCUT2D eigenvalue weighted by molar-refractivity contribution is -0.141. The number of hydrogen-bond acceptors (Lipinski definition) is 11. The normalized spacial score (nSPS) is 11.7. The number of aromatic nitrogens is 4. The third kappa shape index (κ3) is 7.89. The van der Waals surface area contributed by atoms with E-state index in [1.807, 2.05) is 6.92 Å². The van der Waals surface area contributed by atoms with Crippen molar-refractivity contribution in [3.63, 3.8) is 0 Å². The first-order valence-corrected chi connectivity index (χ1v) is 14.4. The standard InChI is InChI=1S/C26H35N5O9S/c1-6-7-21-23-24(30(4)29-21)26(34)28-25(27-23)20-16-19(8-9-22(20)40-15-14-37-5)41(35,36)31(10-12-38-17(2)32)11-13-39-18(3)33/h8-9,16H,6-7,10-15H2,1-5H3,(H,27,28,34). The summed E-state index contributed by atoms with van der Waals surface area (Å²) >= 11 is 0. The molecule has 0 saturated carbocycles. The average molecular weight is 594 g/mol. The van der Waals surface area contributed by atoms with Crippen molar-refractivity contribution in [1.29, 1.82) is 0 Å². The molecule has 14 nitrogen and oxygen atoms in total. The van der Waals surface area contributed by atoms with Gasteiger partial charge in [-0.05, 0) is 24.6 Å². The topological polar surface area (TPSA) is 172 Å². The molecular weight excluding hydrogens is 558 g/mol. The number of carbonyl (C=O) groups is 2. The van der Waals surface area contributed by atoms with Gasteiger partial charge in [0.25, 0.3) is 5.56 Å². The second-order valence-electron chi connectivity index (χ2n) is 9.02. The fraction of sp³-hybridized carbons (Fsp3) is 0.500. The van der Waals surface area contributed by atoms with E-state index in [9.17, 15) is 22.8 Å². The summed E-state index contributed by atoms with van der Waals surface area (Å²) in [5, 5.41) is 4.43. The van der Waals surface area contributed by atoms with Gasteiger partial charge in [-0.3, -0.25) is 19.1 Å². The molecule has 3 aromatic rings. The Kier molecular flexibility index (Phi) is 11.0. The molecule has 0 aliphatic carbocycles. The number of nitrogens with zero attached hydrogens (tertiary/aromatic N) is 4. The van der Waals surface area contributed by atoms with Crippen LogP contribution in [0.3, 0.4) is 0 Å². The Morgan fingerprint density at radius 3 is 2.29 bits per heavy atom. The molecule has 0 bridgehead atoms. The van der Waals surface area contributed by atoms with Gasteiger partial charge in [-0.25, -0.2) is 13.4 Å². The number of sulfonamides is 1. The number of esters is 2. The first-order chi connectivity index (χ1) is 19.5. The van der Waals surface area contributed by atoms with E-state index in [2.05, 4.69) is 15.1 Å². The van der Waals surface area contributed by atoms with E-state index in [-0.39, 0.29) is 61.5 Å². The van der Waals surface area contributed by atoms with Crippen molar-refractivity contribution in [2.24, 2.45) is 7.05 Å². The zero-order valence-corrected chi connectivity index (χ0v) is 24.6. The van der Waals surface area contributed by atoms with Crippen LogP contribution in [-0.4, -0.2) is 91.0 Å². The summed E-state index contributed by atoms with van der Waals surface area (Å²) in [6.45, 7) is 4.08. The monoisotopic (exact) mass is 593 g/mol. The third-order valence-corrected chi connectivity index (χ3v) is 7.82. The maximum Gasteiger partial charge on any atom is 0.302 e. The lowest BCUT2D eigenvalue weighted by Crippen LogP contribution is -2.37. The highest BCUT2D eigenvalue weighted by atomic mass is 32.2. The number of fused-ring (bicyclic) bond motifs is 1. The molecule has 41 heavy (non-hydrogen) atoms. The minimum absolute atomic E-state index is 0.101. The Hall–Kier alpha value is -3.82.